The molecule has 0 bridgehead atoms. The topological polar surface area (TPSA) is 117 Å². The summed E-state index contributed by atoms with van der Waals surface area (Å²) in [5, 5.41) is 9.48. The Kier molecular flexibility index (Phi) is 7.14. The Balaban J connectivity index is 1.87. The molecule has 4 amide bonds. The van der Waals surface area contributed by atoms with Gasteiger partial charge in [0.15, 0.2) is 0 Å². The van der Waals surface area contributed by atoms with Gasteiger partial charge in [-0.25, -0.2) is 4.79 Å². The monoisotopic (exact) mass is 386 g/mol. The smallest absolute Gasteiger partial charge is 0.319 e. The molecule has 1 aromatic heterocycles. The van der Waals surface area contributed by atoms with E-state index < -0.39 is 23.9 Å². The Hall–Kier alpha value is -3.36. The third-order valence-corrected chi connectivity index (χ3v) is 3.99. The van der Waals surface area contributed by atoms with Gasteiger partial charge in [-0.3, -0.25) is 25.1 Å². The van der Waals surface area contributed by atoms with Gasteiger partial charge in [-0.15, -0.1) is 0 Å². The van der Waals surface area contributed by atoms with Crippen molar-refractivity contribution in [1.29, 1.82) is 0 Å². The molecule has 0 saturated carbocycles. The van der Waals surface area contributed by atoms with Crippen molar-refractivity contribution in [3.05, 3.63) is 47.8 Å². The van der Waals surface area contributed by atoms with Crippen LogP contribution >= 0.6 is 0 Å². The molecule has 9 nitrogen and oxygen atoms in total. The first kappa shape index (κ1) is 20.9. The van der Waals surface area contributed by atoms with Gasteiger partial charge in [0.2, 0.25) is 0 Å². The van der Waals surface area contributed by atoms with Crippen LogP contribution in [-0.4, -0.2) is 33.7 Å². The zero-order valence-corrected chi connectivity index (χ0v) is 16.4. The number of nitrogens with zero attached hydrogens (tertiary/aromatic N) is 2. The molecule has 0 aliphatic rings. The van der Waals surface area contributed by atoms with Crippen LogP contribution in [0, 0.1) is 19.8 Å². The second kappa shape index (κ2) is 9.54. The third kappa shape index (κ3) is 6.11. The minimum absolute atomic E-state index is 0.0196. The first-order valence-electron chi connectivity index (χ1n) is 8.98. The summed E-state index contributed by atoms with van der Waals surface area (Å²) in [4.78, 5) is 36.6. The van der Waals surface area contributed by atoms with Crippen LogP contribution in [0.1, 0.15) is 25.2 Å². The number of hydrazine groups is 1. The Morgan fingerprint density at radius 2 is 1.75 bits per heavy atom. The number of hydrogen-bond acceptors (Lipinski definition) is 4. The number of para-hydroxylation sites is 1. The van der Waals surface area contributed by atoms with Crippen LogP contribution in [0.3, 0.4) is 0 Å². The highest BCUT2D eigenvalue weighted by atomic mass is 16.2. The average molecular weight is 386 g/mol. The number of carbonyl (C=O) groups is 3. The summed E-state index contributed by atoms with van der Waals surface area (Å²) in [5.74, 6) is -1.12. The number of hydrogen-bond donors (Lipinski definition) is 4. The van der Waals surface area contributed by atoms with Crippen LogP contribution in [0.2, 0.25) is 0 Å². The molecule has 1 unspecified atom stereocenters. The first-order valence-corrected chi connectivity index (χ1v) is 8.98. The molecule has 1 heterocycles. The number of urea groups is 1. The molecule has 9 heteroatoms. The fraction of sp³-hybridized carbons (Fsp3) is 0.368. The molecule has 1 aromatic carbocycles. The summed E-state index contributed by atoms with van der Waals surface area (Å²) >= 11 is 0. The van der Waals surface area contributed by atoms with Gasteiger partial charge in [-0.05, 0) is 38.0 Å². The maximum Gasteiger partial charge on any atom is 0.319 e. The van der Waals surface area contributed by atoms with E-state index in [9.17, 15) is 14.4 Å². The highest BCUT2D eigenvalue weighted by Crippen LogP contribution is 2.06. The van der Waals surface area contributed by atoms with Crippen LogP contribution in [-0.2, 0) is 16.1 Å². The fourth-order valence-electron chi connectivity index (χ4n) is 2.58. The second-order valence-electron chi connectivity index (χ2n) is 6.81. The van der Waals surface area contributed by atoms with Crippen molar-refractivity contribution in [2.45, 2.75) is 40.3 Å². The third-order valence-electron chi connectivity index (χ3n) is 3.99. The molecule has 2 rings (SSSR count). The van der Waals surface area contributed by atoms with Gasteiger partial charge >= 0.3 is 6.03 Å². The van der Waals surface area contributed by atoms with Gasteiger partial charge in [-0.1, -0.05) is 32.0 Å². The van der Waals surface area contributed by atoms with E-state index in [4.69, 9.17) is 0 Å². The molecule has 0 spiro atoms. The van der Waals surface area contributed by atoms with Crippen molar-refractivity contribution in [1.82, 2.24) is 25.9 Å². The summed E-state index contributed by atoms with van der Waals surface area (Å²) < 4.78 is 1.54. The lowest BCUT2D eigenvalue weighted by Gasteiger charge is -2.22. The SMILES string of the molecule is Cc1cc(C)n(CC(=O)NNC(=O)C(NC(=O)Nc2ccccc2)C(C)C)n1. The van der Waals surface area contributed by atoms with Crippen molar-refractivity contribution in [2.24, 2.45) is 5.92 Å². The highest BCUT2D eigenvalue weighted by molar-refractivity contribution is 5.94. The average Bonchev–Trinajstić information content (AvgIpc) is 2.95. The van der Waals surface area contributed by atoms with Crippen molar-refractivity contribution in [3.8, 4) is 0 Å². The number of amides is 4. The molecule has 0 aliphatic carbocycles. The zero-order valence-electron chi connectivity index (χ0n) is 16.4. The molecular weight excluding hydrogens is 360 g/mol. The van der Waals surface area contributed by atoms with Gasteiger partial charge in [0.1, 0.15) is 12.6 Å². The van der Waals surface area contributed by atoms with E-state index in [-0.39, 0.29) is 12.5 Å². The standard InChI is InChI=1S/C19H26N6O3/c1-12(2)17(21-19(28)20-15-8-6-5-7-9-15)18(27)23-22-16(26)11-25-14(4)10-13(3)24-25/h5-10,12,17H,11H2,1-4H3,(H,22,26)(H,23,27)(H2,20,21,28). The Labute approximate surface area is 163 Å². The van der Waals surface area contributed by atoms with Gasteiger partial charge in [0, 0.05) is 11.4 Å². The van der Waals surface area contributed by atoms with E-state index in [1.54, 1.807) is 42.8 Å². The van der Waals surface area contributed by atoms with Crippen molar-refractivity contribution < 1.29 is 14.4 Å². The molecule has 28 heavy (non-hydrogen) atoms. The normalized spacial score (nSPS) is 11.6. The number of aryl methyl sites for hydroxylation is 2. The zero-order chi connectivity index (χ0) is 20.7. The molecule has 0 aliphatic heterocycles. The van der Waals surface area contributed by atoms with Crippen LogP contribution < -0.4 is 21.5 Å². The molecule has 0 radical (unpaired) electrons. The molecule has 4 N–H and O–H groups in total. The largest absolute Gasteiger partial charge is 0.326 e. The first-order chi connectivity index (χ1) is 13.3. The number of aromatic nitrogens is 2. The van der Waals surface area contributed by atoms with Crippen molar-refractivity contribution in [3.63, 3.8) is 0 Å². The summed E-state index contributed by atoms with van der Waals surface area (Å²) in [6.45, 7) is 7.25. The minimum atomic E-state index is -0.822. The number of rotatable bonds is 6. The number of benzene rings is 1. The van der Waals surface area contributed by atoms with E-state index in [2.05, 4.69) is 26.6 Å². The Morgan fingerprint density at radius 3 is 2.32 bits per heavy atom. The summed E-state index contributed by atoms with van der Waals surface area (Å²) in [6.07, 6.45) is 0. The number of carbonyl (C=O) groups excluding carboxylic acids is 3. The Morgan fingerprint density at radius 1 is 1.07 bits per heavy atom. The molecule has 1 atom stereocenters. The van der Waals surface area contributed by atoms with E-state index in [1.165, 1.54) is 0 Å². The predicted molar refractivity (Wildman–Crippen MR) is 105 cm³/mol. The number of anilines is 1. The molecule has 150 valence electrons. The lowest BCUT2D eigenvalue weighted by atomic mass is 10.0. The van der Waals surface area contributed by atoms with Crippen LogP contribution in [0.25, 0.3) is 0 Å². The maximum atomic E-state index is 12.4. The summed E-state index contributed by atoms with van der Waals surface area (Å²) in [7, 11) is 0. The number of nitrogens with one attached hydrogen (secondary N) is 4. The quantitative estimate of drug-likeness (QED) is 0.563. The molecular formula is C19H26N6O3. The molecule has 2 aromatic rings. The van der Waals surface area contributed by atoms with Crippen LogP contribution in [0.15, 0.2) is 36.4 Å². The lowest BCUT2D eigenvalue weighted by molar-refractivity contribution is -0.130. The van der Waals surface area contributed by atoms with Crippen LogP contribution in [0.5, 0.6) is 0 Å². The van der Waals surface area contributed by atoms with Crippen molar-refractivity contribution in [2.75, 3.05) is 5.32 Å². The Bertz CT molecular complexity index is 831. The summed E-state index contributed by atoms with van der Waals surface area (Å²) in [6, 6.07) is 9.43. The second-order valence-corrected chi connectivity index (χ2v) is 6.81. The van der Waals surface area contributed by atoms with Gasteiger partial charge in [-0.2, -0.15) is 5.10 Å². The maximum absolute atomic E-state index is 12.4. The van der Waals surface area contributed by atoms with Gasteiger partial charge < -0.3 is 10.6 Å². The van der Waals surface area contributed by atoms with Gasteiger partial charge in [0.25, 0.3) is 11.8 Å². The van der Waals surface area contributed by atoms with E-state index in [1.807, 2.05) is 26.0 Å². The van der Waals surface area contributed by atoms with E-state index in [0.717, 1.165) is 11.4 Å². The fourth-order valence-corrected chi connectivity index (χ4v) is 2.58. The van der Waals surface area contributed by atoms with E-state index >= 15 is 0 Å². The lowest BCUT2D eigenvalue weighted by Crippen LogP contribution is -2.55. The van der Waals surface area contributed by atoms with E-state index in [0.29, 0.717) is 5.69 Å². The molecule has 0 saturated heterocycles. The van der Waals surface area contributed by atoms with Crippen LogP contribution in [0.4, 0.5) is 10.5 Å². The van der Waals surface area contributed by atoms with Gasteiger partial charge in [0.05, 0.1) is 5.69 Å². The van der Waals surface area contributed by atoms with Crippen molar-refractivity contribution >= 4 is 23.5 Å². The predicted octanol–water partition coefficient (Wildman–Crippen LogP) is 1.49. The minimum Gasteiger partial charge on any atom is -0.326 e. The highest BCUT2D eigenvalue weighted by Gasteiger charge is 2.24. The summed E-state index contributed by atoms with van der Waals surface area (Å²) in [5.41, 5.74) is 6.98. The molecule has 0 fully saturated rings.